The smallest absolute Gasteiger partial charge is 0.243 e. The molecule has 1 unspecified atom stereocenters. The molecule has 0 amide bonds. The van der Waals surface area contributed by atoms with E-state index in [0.717, 1.165) is 12.1 Å². The van der Waals surface area contributed by atoms with Crippen LogP contribution in [-0.4, -0.2) is 21.0 Å². The molecule has 0 fully saturated rings. The Bertz CT molecular complexity index is 478. The monoisotopic (exact) mass is 266 g/mol. The van der Waals surface area contributed by atoms with Crippen LogP contribution in [0.3, 0.4) is 0 Å². The quantitative estimate of drug-likeness (QED) is 0.857. The fourth-order valence-electron chi connectivity index (χ4n) is 1.07. The van der Waals surface area contributed by atoms with Gasteiger partial charge in [-0.3, -0.25) is 0 Å². The normalized spacial score (nSPS) is 13.8. The fraction of sp³-hybridized carbons (Fsp3) is 0.333. The van der Waals surface area contributed by atoms with Crippen molar-refractivity contribution < 1.29 is 12.8 Å². The van der Waals surface area contributed by atoms with Crippen LogP contribution < -0.4 is 10.5 Å². The van der Waals surface area contributed by atoms with Crippen molar-refractivity contribution in [2.24, 2.45) is 5.73 Å². The second-order valence-corrected chi connectivity index (χ2v) is 5.45. The Labute approximate surface area is 98.6 Å². The summed E-state index contributed by atoms with van der Waals surface area (Å²) in [5.41, 5.74) is 5.28. The van der Waals surface area contributed by atoms with Crippen LogP contribution >= 0.6 is 11.6 Å². The lowest BCUT2D eigenvalue weighted by molar-refractivity contribution is 0.544. The van der Waals surface area contributed by atoms with Crippen LogP contribution in [0, 0.1) is 5.82 Å². The third-order valence-electron chi connectivity index (χ3n) is 1.89. The van der Waals surface area contributed by atoms with E-state index in [4.69, 9.17) is 17.3 Å². The molecule has 1 aromatic carbocycles. The molecule has 0 aliphatic heterocycles. The van der Waals surface area contributed by atoms with Gasteiger partial charge in [-0.25, -0.2) is 17.5 Å². The highest BCUT2D eigenvalue weighted by Crippen LogP contribution is 2.18. The first-order valence-corrected chi connectivity index (χ1v) is 6.40. The average Bonchev–Trinajstić information content (AvgIpc) is 2.16. The standard InChI is InChI=1S/C9H12ClFN2O2S/c1-6(5-12)13-16(14,15)9-3-2-7(10)4-8(9)11/h2-4,6,13H,5,12H2,1H3. The summed E-state index contributed by atoms with van der Waals surface area (Å²) >= 11 is 5.52. The topological polar surface area (TPSA) is 72.2 Å². The molecule has 3 N–H and O–H groups in total. The van der Waals surface area contributed by atoms with Crippen LogP contribution in [0.5, 0.6) is 0 Å². The maximum Gasteiger partial charge on any atom is 0.243 e. The lowest BCUT2D eigenvalue weighted by Gasteiger charge is -2.12. The van der Waals surface area contributed by atoms with Gasteiger partial charge < -0.3 is 5.73 Å². The Kier molecular flexibility index (Phi) is 4.26. The molecule has 0 radical (unpaired) electrons. The minimum atomic E-state index is -3.88. The van der Waals surface area contributed by atoms with Gasteiger partial charge in [0, 0.05) is 17.6 Å². The van der Waals surface area contributed by atoms with E-state index < -0.39 is 26.8 Å². The number of nitrogens with one attached hydrogen (secondary N) is 1. The zero-order valence-electron chi connectivity index (χ0n) is 8.57. The highest BCUT2D eigenvalue weighted by Gasteiger charge is 2.20. The van der Waals surface area contributed by atoms with Crippen LogP contribution in [0.25, 0.3) is 0 Å². The van der Waals surface area contributed by atoms with Gasteiger partial charge in [0.2, 0.25) is 10.0 Å². The van der Waals surface area contributed by atoms with Gasteiger partial charge in [0.05, 0.1) is 0 Å². The minimum absolute atomic E-state index is 0.133. The minimum Gasteiger partial charge on any atom is -0.329 e. The van der Waals surface area contributed by atoms with Gasteiger partial charge in [0.1, 0.15) is 10.7 Å². The highest BCUT2D eigenvalue weighted by atomic mass is 35.5. The number of halogens is 2. The molecule has 0 spiro atoms. The molecule has 0 heterocycles. The SMILES string of the molecule is CC(CN)NS(=O)(=O)c1ccc(Cl)cc1F. The van der Waals surface area contributed by atoms with E-state index in [-0.39, 0.29) is 11.6 Å². The summed E-state index contributed by atoms with van der Waals surface area (Å²) in [5, 5.41) is 0.142. The second-order valence-electron chi connectivity index (χ2n) is 3.33. The van der Waals surface area contributed by atoms with Crippen molar-refractivity contribution >= 4 is 21.6 Å². The van der Waals surface area contributed by atoms with Crippen LogP contribution in [0.15, 0.2) is 23.1 Å². The summed E-state index contributed by atoms with van der Waals surface area (Å²) in [4.78, 5) is -0.433. The van der Waals surface area contributed by atoms with Gasteiger partial charge in [-0.2, -0.15) is 0 Å². The van der Waals surface area contributed by atoms with E-state index in [1.54, 1.807) is 6.92 Å². The van der Waals surface area contributed by atoms with Gasteiger partial charge in [-0.05, 0) is 25.1 Å². The summed E-state index contributed by atoms with van der Waals surface area (Å²) in [7, 11) is -3.88. The summed E-state index contributed by atoms with van der Waals surface area (Å²) in [6.45, 7) is 1.72. The molecule has 1 rings (SSSR count). The summed E-state index contributed by atoms with van der Waals surface area (Å²) in [6, 6.07) is 2.92. The number of rotatable bonds is 4. The molecule has 0 aliphatic carbocycles. The summed E-state index contributed by atoms with van der Waals surface area (Å²) < 4.78 is 39.0. The van der Waals surface area contributed by atoms with Gasteiger partial charge in [0.25, 0.3) is 0 Å². The zero-order valence-corrected chi connectivity index (χ0v) is 10.1. The third kappa shape index (κ3) is 3.15. The van der Waals surface area contributed by atoms with Crippen molar-refractivity contribution in [2.75, 3.05) is 6.54 Å². The van der Waals surface area contributed by atoms with Gasteiger partial charge in [-0.1, -0.05) is 11.6 Å². The maximum atomic E-state index is 13.4. The number of benzene rings is 1. The Morgan fingerprint density at radius 2 is 2.19 bits per heavy atom. The molecular weight excluding hydrogens is 255 g/mol. The molecule has 4 nitrogen and oxygen atoms in total. The molecule has 90 valence electrons. The number of hydrogen-bond donors (Lipinski definition) is 2. The number of sulfonamides is 1. The number of hydrogen-bond acceptors (Lipinski definition) is 3. The van der Waals surface area contributed by atoms with Crippen LogP contribution in [0.4, 0.5) is 4.39 Å². The van der Waals surface area contributed by atoms with Gasteiger partial charge in [-0.15, -0.1) is 0 Å². The van der Waals surface area contributed by atoms with Crippen molar-refractivity contribution in [3.8, 4) is 0 Å². The predicted octanol–water partition coefficient (Wildman–Crippen LogP) is 1.10. The first-order valence-electron chi connectivity index (χ1n) is 4.54. The van der Waals surface area contributed by atoms with Crippen molar-refractivity contribution in [3.63, 3.8) is 0 Å². The summed E-state index contributed by atoms with van der Waals surface area (Å²) in [5.74, 6) is -0.885. The molecular formula is C9H12ClFN2O2S. The Morgan fingerprint density at radius 3 is 2.69 bits per heavy atom. The lowest BCUT2D eigenvalue weighted by Crippen LogP contribution is -2.38. The van der Waals surface area contributed by atoms with Crippen LogP contribution in [0.1, 0.15) is 6.92 Å². The van der Waals surface area contributed by atoms with E-state index in [0.29, 0.717) is 0 Å². The van der Waals surface area contributed by atoms with Crippen LogP contribution in [0.2, 0.25) is 5.02 Å². The van der Waals surface area contributed by atoms with E-state index in [9.17, 15) is 12.8 Å². The molecule has 0 bridgehead atoms. The largest absolute Gasteiger partial charge is 0.329 e. The molecule has 7 heteroatoms. The van der Waals surface area contributed by atoms with Gasteiger partial charge in [0.15, 0.2) is 0 Å². The Balaban J connectivity index is 3.08. The van der Waals surface area contributed by atoms with E-state index in [1.807, 2.05) is 0 Å². The van der Waals surface area contributed by atoms with Crippen LogP contribution in [-0.2, 0) is 10.0 Å². The van der Waals surface area contributed by atoms with E-state index in [1.165, 1.54) is 6.07 Å². The maximum absolute atomic E-state index is 13.4. The molecule has 0 aliphatic rings. The molecule has 0 aromatic heterocycles. The molecule has 16 heavy (non-hydrogen) atoms. The summed E-state index contributed by atoms with van der Waals surface area (Å²) in [6.07, 6.45) is 0. The molecule has 0 saturated carbocycles. The fourth-order valence-corrected chi connectivity index (χ4v) is 2.54. The average molecular weight is 267 g/mol. The molecule has 1 aromatic rings. The van der Waals surface area contributed by atoms with E-state index >= 15 is 0 Å². The third-order valence-corrected chi connectivity index (χ3v) is 3.75. The predicted molar refractivity (Wildman–Crippen MR) is 60.2 cm³/mol. The van der Waals surface area contributed by atoms with Gasteiger partial charge >= 0.3 is 0 Å². The highest BCUT2D eigenvalue weighted by molar-refractivity contribution is 7.89. The number of nitrogens with two attached hydrogens (primary N) is 1. The first kappa shape index (κ1) is 13.4. The van der Waals surface area contributed by atoms with E-state index in [2.05, 4.69) is 4.72 Å². The molecule has 0 saturated heterocycles. The lowest BCUT2D eigenvalue weighted by atomic mass is 10.3. The second kappa shape index (κ2) is 5.09. The molecule has 1 atom stereocenters. The Hall–Kier alpha value is -0.690. The van der Waals surface area contributed by atoms with Crippen molar-refractivity contribution in [1.82, 2.24) is 4.72 Å². The van der Waals surface area contributed by atoms with Crippen molar-refractivity contribution in [2.45, 2.75) is 17.9 Å². The first-order chi connectivity index (χ1) is 7.36. The zero-order chi connectivity index (χ0) is 12.3. The Morgan fingerprint density at radius 1 is 1.56 bits per heavy atom. The van der Waals surface area contributed by atoms with Crippen molar-refractivity contribution in [1.29, 1.82) is 0 Å². The van der Waals surface area contributed by atoms with Crippen molar-refractivity contribution in [3.05, 3.63) is 29.0 Å².